The quantitative estimate of drug-likeness (QED) is 0.817. The van der Waals surface area contributed by atoms with Gasteiger partial charge in [0.05, 0.1) is 23.5 Å². The van der Waals surface area contributed by atoms with E-state index in [4.69, 9.17) is 19.2 Å². The van der Waals surface area contributed by atoms with Gasteiger partial charge < -0.3 is 19.2 Å². The Bertz CT molecular complexity index is 613. The molecule has 1 saturated heterocycles. The Balaban J connectivity index is 1.97. The predicted octanol–water partition coefficient (Wildman–Crippen LogP) is 2.01. The second-order valence-electron chi connectivity index (χ2n) is 6.63. The van der Waals surface area contributed by atoms with Crippen molar-refractivity contribution in [3.05, 3.63) is 17.7 Å². The number of hydrogen-bond acceptors (Lipinski definition) is 4. The highest BCUT2D eigenvalue weighted by Gasteiger charge is 2.52. The summed E-state index contributed by atoms with van der Waals surface area (Å²) >= 11 is 0. The summed E-state index contributed by atoms with van der Waals surface area (Å²) in [6.07, 6.45) is -0.398. The SMILES string of the molecule is CC1(C)OB(c2ccc(NC(=O)O)c3c2CCO3)OC1(C)C. The van der Waals surface area contributed by atoms with Crippen LogP contribution in [0, 0.1) is 0 Å². The molecule has 118 valence electrons. The normalized spacial score (nSPS) is 21.4. The van der Waals surface area contributed by atoms with E-state index in [2.05, 4.69) is 5.32 Å². The molecule has 2 heterocycles. The van der Waals surface area contributed by atoms with Gasteiger partial charge in [-0.05, 0) is 44.8 Å². The van der Waals surface area contributed by atoms with Crippen molar-refractivity contribution in [3.8, 4) is 5.75 Å². The molecule has 0 spiro atoms. The van der Waals surface area contributed by atoms with Crippen LogP contribution >= 0.6 is 0 Å². The molecule has 0 aliphatic carbocycles. The van der Waals surface area contributed by atoms with Crippen LogP contribution in [-0.4, -0.2) is 36.1 Å². The number of fused-ring (bicyclic) bond motifs is 1. The van der Waals surface area contributed by atoms with Gasteiger partial charge in [0.2, 0.25) is 0 Å². The fourth-order valence-electron chi connectivity index (χ4n) is 2.73. The number of hydrogen-bond donors (Lipinski definition) is 2. The second kappa shape index (κ2) is 4.89. The molecule has 1 aromatic carbocycles. The van der Waals surface area contributed by atoms with E-state index in [0.717, 1.165) is 11.0 Å². The van der Waals surface area contributed by atoms with Crippen molar-refractivity contribution in [1.82, 2.24) is 0 Å². The van der Waals surface area contributed by atoms with E-state index < -0.39 is 24.4 Å². The van der Waals surface area contributed by atoms with Gasteiger partial charge in [-0.2, -0.15) is 0 Å². The van der Waals surface area contributed by atoms with Gasteiger partial charge >= 0.3 is 13.2 Å². The Labute approximate surface area is 129 Å². The van der Waals surface area contributed by atoms with Crippen LogP contribution in [0.1, 0.15) is 33.3 Å². The molecule has 0 radical (unpaired) electrons. The zero-order valence-corrected chi connectivity index (χ0v) is 13.2. The van der Waals surface area contributed by atoms with Crippen molar-refractivity contribution < 1.29 is 23.9 Å². The zero-order valence-electron chi connectivity index (χ0n) is 13.2. The summed E-state index contributed by atoms with van der Waals surface area (Å²) in [5.74, 6) is 0.578. The van der Waals surface area contributed by atoms with Crippen molar-refractivity contribution in [2.24, 2.45) is 0 Å². The molecule has 6 nitrogen and oxygen atoms in total. The molecule has 0 aromatic heterocycles. The first-order valence-corrected chi connectivity index (χ1v) is 7.35. The highest BCUT2D eigenvalue weighted by Crippen LogP contribution is 2.39. The molecule has 2 N–H and O–H groups in total. The first-order valence-electron chi connectivity index (χ1n) is 7.35. The van der Waals surface area contributed by atoms with Crippen molar-refractivity contribution in [2.75, 3.05) is 11.9 Å². The zero-order chi connectivity index (χ0) is 16.1. The Morgan fingerprint density at radius 1 is 1.23 bits per heavy atom. The second-order valence-corrected chi connectivity index (χ2v) is 6.63. The summed E-state index contributed by atoms with van der Waals surface area (Å²) in [5, 5.41) is 11.3. The minimum atomic E-state index is -1.11. The average molecular weight is 305 g/mol. The lowest BCUT2D eigenvalue weighted by Crippen LogP contribution is -2.41. The Kier molecular flexibility index (Phi) is 3.38. The van der Waals surface area contributed by atoms with Gasteiger partial charge in [0.25, 0.3) is 0 Å². The molecule has 1 amide bonds. The molecule has 1 fully saturated rings. The summed E-state index contributed by atoms with van der Waals surface area (Å²) in [5.41, 5.74) is 1.48. The van der Waals surface area contributed by atoms with Crippen LogP contribution < -0.4 is 15.5 Å². The fourth-order valence-corrected chi connectivity index (χ4v) is 2.73. The number of nitrogens with one attached hydrogen (secondary N) is 1. The van der Waals surface area contributed by atoms with E-state index in [9.17, 15) is 4.79 Å². The smallest absolute Gasteiger partial charge is 0.491 e. The van der Waals surface area contributed by atoms with E-state index in [0.29, 0.717) is 24.5 Å². The largest absolute Gasteiger partial charge is 0.495 e. The Morgan fingerprint density at radius 3 is 2.45 bits per heavy atom. The number of rotatable bonds is 2. The third-order valence-electron chi connectivity index (χ3n) is 4.64. The maximum Gasteiger partial charge on any atom is 0.495 e. The maximum atomic E-state index is 10.9. The number of carboxylic acid groups (broad SMARTS) is 1. The minimum absolute atomic E-state index is 0.415. The van der Waals surface area contributed by atoms with Gasteiger partial charge in [-0.25, -0.2) is 4.79 Å². The number of ether oxygens (including phenoxy) is 1. The summed E-state index contributed by atoms with van der Waals surface area (Å²) in [6.45, 7) is 8.54. The van der Waals surface area contributed by atoms with Crippen LogP contribution in [0.15, 0.2) is 12.1 Å². The van der Waals surface area contributed by atoms with E-state index in [-0.39, 0.29) is 0 Å². The van der Waals surface area contributed by atoms with Gasteiger partial charge in [0, 0.05) is 6.42 Å². The maximum absolute atomic E-state index is 10.9. The van der Waals surface area contributed by atoms with Crippen molar-refractivity contribution in [1.29, 1.82) is 0 Å². The van der Waals surface area contributed by atoms with Crippen molar-refractivity contribution >= 4 is 24.4 Å². The van der Waals surface area contributed by atoms with Crippen molar-refractivity contribution in [3.63, 3.8) is 0 Å². The highest BCUT2D eigenvalue weighted by atomic mass is 16.7. The summed E-state index contributed by atoms with van der Waals surface area (Å²) in [7, 11) is -0.473. The number of anilines is 1. The number of benzene rings is 1. The first kappa shape index (κ1) is 15.2. The first-order chi connectivity index (χ1) is 10.2. The lowest BCUT2D eigenvalue weighted by atomic mass is 9.75. The molecule has 0 atom stereocenters. The standard InChI is InChI=1S/C15H20BNO5/c1-14(2)15(3,4)22-16(21-14)10-5-6-11(17-13(18)19)12-9(10)7-8-20-12/h5-6,17H,7-8H2,1-4H3,(H,18,19). The van der Waals surface area contributed by atoms with Crippen LogP contribution in [0.5, 0.6) is 5.75 Å². The average Bonchev–Trinajstić information content (AvgIpc) is 2.93. The van der Waals surface area contributed by atoms with Gasteiger partial charge in [0.1, 0.15) is 5.75 Å². The van der Waals surface area contributed by atoms with E-state index >= 15 is 0 Å². The lowest BCUT2D eigenvalue weighted by Gasteiger charge is -2.32. The molecular formula is C15H20BNO5. The molecule has 3 rings (SSSR count). The molecule has 7 heteroatoms. The predicted molar refractivity (Wildman–Crippen MR) is 83.0 cm³/mol. The van der Waals surface area contributed by atoms with E-state index in [1.165, 1.54) is 0 Å². The molecule has 2 aliphatic heterocycles. The van der Waals surface area contributed by atoms with Crippen LogP contribution in [0.4, 0.5) is 10.5 Å². The topological polar surface area (TPSA) is 77.0 Å². The minimum Gasteiger partial charge on any atom is -0.491 e. The Morgan fingerprint density at radius 2 is 1.86 bits per heavy atom. The van der Waals surface area contributed by atoms with Gasteiger partial charge in [-0.1, -0.05) is 6.07 Å². The highest BCUT2D eigenvalue weighted by molar-refractivity contribution is 6.62. The molecule has 2 aliphatic rings. The fraction of sp³-hybridized carbons (Fsp3) is 0.533. The molecule has 22 heavy (non-hydrogen) atoms. The lowest BCUT2D eigenvalue weighted by molar-refractivity contribution is 0.00578. The van der Waals surface area contributed by atoms with Crippen LogP contribution in [0.3, 0.4) is 0 Å². The van der Waals surface area contributed by atoms with Crippen LogP contribution in [0.2, 0.25) is 0 Å². The molecule has 0 unspecified atom stereocenters. The number of amides is 1. The van der Waals surface area contributed by atoms with E-state index in [1.807, 2.05) is 33.8 Å². The van der Waals surface area contributed by atoms with Crippen LogP contribution in [-0.2, 0) is 15.7 Å². The van der Waals surface area contributed by atoms with E-state index in [1.54, 1.807) is 6.07 Å². The third-order valence-corrected chi connectivity index (χ3v) is 4.64. The van der Waals surface area contributed by atoms with Crippen LogP contribution in [0.25, 0.3) is 0 Å². The molecular weight excluding hydrogens is 285 g/mol. The molecule has 1 aromatic rings. The summed E-state index contributed by atoms with van der Waals surface area (Å²) < 4.78 is 17.8. The van der Waals surface area contributed by atoms with Gasteiger partial charge in [-0.15, -0.1) is 0 Å². The molecule has 0 saturated carbocycles. The summed E-state index contributed by atoms with van der Waals surface area (Å²) in [4.78, 5) is 10.9. The Hall–Kier alpha value is -1.73. The van der Waals surface area contributed by atoms with Gasteiger partial charge in [-0.3, -0.25) is 5.32 Å². The third kappa shape index (κ3) is 2.34. The monoisotopic (exact) mass is 305 g/mol. The van der Waals surface area contributed by atoms with Crippen molar-refractivity contribution in [2.45, 2.75) is 45.3 Å². The van der Waals surface area contributed by atoms with Gasteiger partial charge in [0.15, 0.2) is 0 Å². The summed E-state index contributed by atoms with van der Waals surface area (Å²) in [6, 6.07) is 3.54. The molecule has 0 bridgehead atoms. The number of carbonyl (C=O) groups is 1.